The summed E-state index contributed by atoms with van der Waals surface area (Å²) in [7, 11) is 0. The van der Waals surface area contributed by atoms with Gasteiger partial charge in [0.25, 0.3) is 6.57 Å². The van der Waals surface area contributed by atoms with Gasteiger partial charge in [0, 0.05) is 6.16 Å². The normalized spacial score (nSPS) is 42.4. The minimum absolute atomic E-state index is 0.270. The molecule has 2 atom stereocenters. The maximum atomic E-state index is 10.9. The SMILES string of the molecule is C#CC1CCP(=O)(S)O1. The second-order valence-corrected chi connectivity index (χ2v) is 5.67. The predicted molar refractivity (Wildman–Crippen MR) is 39.8 cm³/mol. The Hall–Kier alpha value is 0.1000. The van der Waals surface area contributed by atoms with Crippen LogP contribution in [-0.4, -0.2) is 12.3 Å². The second kappa shape index (κ2) is 2.38. The third-order valence-electron chi connectivity index (χ3n) is 1.15. The van der Waals surface area contributed by atoms with Crippen LogP contribution in [0.5, 0.6) is 0 Å². The topological polar surface area (TPSA) is 26.3 Å². The lowest BCUT2D eigenvalue weighted by Gasteiger charge is -2.01. The van der Waals surface area contributed by atoms with Gasteiger partial charge in [0.2, 0.25) is 0 Å². The van der Waals surface area contributed by atoms with Crippen molar-refractivity contribution < 1.29 is 9.09 Å². The van der Waals surface area contributed by atoms with E-state index in [1.54, 1.807) is 0 Å². The van der Waals surface area contributed by atoms with Gasteiger partial charge in [-0.05, 0) is 6.42 Å². The van der Waals surface area contributed by atoms with E-state index in [2.05, 4.69) is 18.2 Å². The quantitative estimate of drug-likeness (QED) is 0.332. The van der Waals surface area contributed by atoms with Gasteiger partial charge in [-0.25, -0.2) is 0 Å². The smallest absolute Gasteiger partial charge is 0.256 e. The van der Waals surface area contributed by atoms with Crippen molar-refractivity contribution in [2.24, 2.45) is 0 Å². The molecule has 1 rings (SSSR count). The first kappa shape index (κ1) is 7.21. The summed E-state index contributed by atoms with van der Waals surface area (Å²) < 4.78 is 15.8. The summed E-state index contributed by atoms with van der Waals surface area (Å²) in [6.07, 6.45) is 5.94. The molecular formula is C5H7O2PS. The molecule has 1 heterocycles. The van der Waals surface area contributed by atoms with Crippen LogP contribution in [-0.2, 0) is 9.09 Å². The molecule has 0 aromatic rings. The molecule has 1 fully saturated rings. The molecule has 0 N–H and O–H groups in total. The molecule has 1 aliphatic heterocycles. The molecule has 9 heavy (non-hydrogen) atoms. The zero-order chi connectivity index (χ0) is 6.91. The molecular weight excluding hydrogens is 155 g/mol. The van der Waals surface area contributed by atoms with Crippen molar-refractivity contribution in [2.45, 2.75) is 12.5 Å². The standard InChI is InChI=1S/C5H7O2PS/c1-2-5-3-4-8(6,9)7-5/h1,5H,3-4H2,(H,6,9). The lowest BCUT2D eigenvalue weighted by Crippen LogP contribution is -1.96. The summed E-state index contributed by atoms with van der Waals surface area (Å²) in [6, 6.07) is 0. The first-order valence-corrected chi connectivity index (χ1v) is 5.57. The van der Waals surface area contributed by atoms with Gasteiger partial charge in [-0.1, -0.05) is 18.2 Å². The number of hydrogen-bond acceptors (Lipinski definition) is 2. The predicted octanol–water partition coefficient (Wildman–Crippen LogP) is 1.53. The molecule has 4 heteroatoms. The lowest BCUT2D eigenvalue weighted by atomic mass is 10.3. The second-order valence-electron chi connectivity index (χ2n) is 1.91. The molecule has 2 unspecified atom stereocenters. The maximum Gasteiger partial charge on any atom is 0.256 e. The molecule has 50 valence electrons. The third-order valence-corrected chi connectivity index (χ3v) is 3.44. The van der Waals surface area contributed by atoms with Crippen molar-refractivity contribution >= 4 is 18.8 Å². The Labute approximate surface area is 59.6 Å². The number of terminal acetylenes is 1. The van der Waals surface area contributed by atoms with Gasteiger partial charge in [0.15, 0.2) is 0 Å². The first-order chi connectivity index (χ1) is 4.14. The minimum atomic E-state index is -2.56. The fourth-order valence-corrected chi connectivity index (χ4v) is 2.62. The summed E-state index contributed by atoms with van der Waals surface area (Å²) >= 11 is 3.80. The van der Waals surface area contributed by atoms with Crippen LogP contribution >= 0.6 is 18.8 Å². The molecule has 0 amide bonds. The van der Waals surface area contributed by atoms with E-state index in [1.807, 2.05) is 0 Å². The van der Waals surface area contributed by atoms with Gasteiger partial charge >= 0.3 is 0 Å². The number of hydrogen-bond donors (Lipinski definition) is 1. The molecule has 2 nitrogen and oxygen atoms in total. The van der Waals surface area contributed by atoms with E-state index in [4.69, 9.17) is 10.9 Å². The van der Waals surface area contributed by atoms with E-state index >= 15 is 0 Å². The van der Waals surface area contributed by atoms with Crippen LogP contribution in [0.3, 0.4) is 0 Å². The Balaban J connectivity index is 2.60. The molecule has 0 aliphatic carbocycles. The average molecular weight is 162 g/mol. The number of thiol groups is 1. The van der Waals surface area contributed by atoms with Gasteiger partial charge < -0.3 is 4.52 Å². The van der Waals surface area contributed by atoms with Crippen LogP contribution < -0.4 is 0 Å². The average Bonchev–Trinajstić information content (AvgIpc) is 2.10. The highest BCUT2D eigenvalue weighted by Gasteiger charge is 2.30. The van der Waals surface area contributed by atoms with Crippen molar-refractivity contribution in [3.8, 4) is 12.3 Å². The van der Waals surface area contributed by atoms with Crippen LogP contribution in [0.25, 0.3) is 0 Å². The van der Waals surface area contributed by atoms with Gasteiger partial charge in [0.1, 0.15) is 6.10 Å². The highest BCUT2D eigenvalue weighted by atomic mass is 32.7. The van der Waals surface area contributed by atoms with E-state index in [-0.39, 0.29) is 6.10 Å². The van der Waals surface area contributed by atoms with Crippen molar-refractivity contribution in [1.82, 2.24) is 0 Å². The zero-order valence-corrected chi connectivity index (χ0v) is 6.57. The molecule has 0 spiro atoms. The molecule has 0 bridgehead atoms. The summed E-state index contributed by atoms with van der Waals surface area (Å²) in [5.41, 5.74) is 0. The highest BCUT2D eigenvalue weighted by molar-refractivity contribution is 8.46. The summed E-state index contributed by atoms with van der Waals surface area (Å²) in [4.78, 5) is 0. The van der Waals surface area contributed by atoms with E-state index < -0.39 is 6.57 Å². The van der Waals surface area contributed by atoms with Crippen LogP contribution in [0.15, 0.2) is 0 Å². The fourth-order valence-electron chi connectivity index (χ4n) is 0.698. The van der Waals surface area contributed by atoms with E-state index in [9.17, 15) is 4.57 Å². The largest absolute Gasteiger partial charge is 0.305 e. The first-order valence-electron chi connectivity index (χ1n) is 2.60. The van der Waals surface area contributed by atoms with Crippen molar-refractivity contribution in [1.29, 1.82) is 0 Å². The third kappa shape index (κ3) is 1.76. The molecule has 0 aromatic carbocycles. The highest BCUT2D eigenvalue weighted by Crippen LogP contribution is 2.58. The van der Waals surface area contributed by atoms with Crippen molar-refractivity contribution in [2.75, 3.05) is 6.16 Å². The molecule has 0 radical (unpaired) electrons. The molecule has 0 saturated carbocycles. The minimum Gasteiger partial charge on any atom is -0.305 e. The van der Waals surface area contributed by atoms with Crippen molar-refractivity contribution in [3.05, 3.63) is 0 Å². The van der Waals surface area contributed by atoms with Crippen molar-refractivity contribution in [3.63, 3.8) is 0 Å². The summed E-state index contributed by atoms with van der Waals surface area (Å²) in [5, 5.41) is 0. The Morgan fingerprint density at radius 2 is 2.56 bits per heavy atom. The van der Waals surface area contributed by atoms with Crippen LogP contribution in [0, 0.1) is 12.3 Å². The van der Waals surface area contributed by atoms with Gasteiger partial charge in [-0.3, -0.25) is 4.57 Å². The Kier molecular flexibility index (Phi) is 1.91. The summed E-state index contributed by atoms with van der Waals surface area (Å²) in [6.45, 7) is -2.56. The Morgan fingerprint density at radius 1 is 1.89 bits per heavy atom. The monoisotopic (exact) mass is 162 g/mol. The Bertz CT molecular complexity index is 196. The fraction of sp³-hybridized carbons (Fsp3) is 0.600. The van der Waals surface area contributed by atoms with Crippen LogP contribution in [0.4, 0.5) is 0 Å². The lowest BCUT2D eigenvalue weighted by molar-refractivity contribution is 0.299. The van der Waals surface area contributed by atoms with Gasteiger partial charge in [-0.2, -0.15) is 0 Å². The Morgan fingerprint density at radius 3 is 2.78 bits per heavy atom. The van der Waals surface area contributed by atoms with Crippen LogP contribution in [0.2, 0.25) is 0 Å². The molecule has 1 aliphatic rings. The van der Waals surface area contributed by atoms with Gasteiger partial charge in [0.05, 0.1) is 0 Å². The molecule has 1 saturated heterocycles. The summed E-state index contributed by atoms with van der Waals surface area (Å²) in [5.74, 6) is 2.38. The zero-order valence-electron chi connectivity index (χ0n) is 4.78. The number of rotatable bonds is 0. The van der Waals surface area contributed by atoms with E-state index in [0.29, 0.717) is 12.6 Å². The van der Waals surface area contributed by atoms with E-state index in [1.165, 1.54) is 0 Å². The molecule has 0 aromatic heterocycles. The maximum absolute atomic E-state index is 10.9. The van der Waals surface area contributed by atoms with Crippen LogP contribution in [0.1, 0.15) is 6.42 Å². The van der Waals surface area contributed by atoms with E-state index in [0.717, 1.165) is 0 Å². The van der Waals surface area contributed by atoms with Gasteiger partial charge in [-0.15, -0.1) is 6.42 Å².